The number of thioether (sulfide) groups is 1. The number of hydrogen-bond acceptors (Lipinski definition) is 5. The van der Waals surface area contributed by atoms with Crippen molar-refractivity contribution >= 4 is 28.2 Å². The van der Waals surface area contributed by atoms with Crippen LogP contribution in [0.2, 0.25) is 0 Å². The normalized spacial score (nSPS) is 18.8. The van der Waals surface area contributed by atoms with E-state index in [4.69, 9.17) is 0 Å². The highest BCUT2D eigenvalue weighted by atomic mass is 32.2. The second kappa shape index (κ2) is 4.66. The molecule has 3 rings (SSSR count). The summed E-state index contributed by atoms with van der Waals surface area (Å²) >= 11 is 3.55. The molecule has 17 heavy (non-hydrogen) atoms. The van der Waals surface area contributed by atoms with Crippen LogP contribution in [0.25, 0.3) is 0 Å². The lowest BCUT2D eigenvalue weighted by Gasteiger charge is -2.25. The molecule has 0 saturated heterocycles. The summed E-state index contributed by atoms with van der Waals surface area (Å²) in [5.74, 6) is 1.16. The van der Waals surface area contributed by atoms with Crippen LogP contribution in [0.1, 0.15) is 23.0 Å². The maximum absolute atomic E-state index is 4.13. The lowest BCUT2D eigenvalue weighted by Crippen LogP contribution is -2.15. The summed E-state index contributed by atoms with van der Waals surface area (Å²) in [6, 6.07) is 8.97. The summed E-state index contributed by atoms with van der Waals surface area (Å²) in [6.07, 6.45) is 1.14. The van der Waals surface area contributed by atoms with E-state index in [0.717, 1.165) is 22.3 Å². The highest BCUT2D eigenvalue weighted by Crippen LogP contribution is 2.37. The zero-order chi connectivity index (χ0) is 11.7. The average Bonchev–Trinajstić information content (AvgIpc) is 2.75. The predicted octanol–water partition coefficient (Wildman–Crippen LogP) is 3.50. The summed E-state index contributed by atoms with van der Waals surface area (Å²) in [5, 5.41) is 13.6. The molecule has 0 aliphatic carbocycles. The number of rotatable bonds is 2. The van der Waals surface area contributed by atoms with Crippen molar-refractivity contribution in [3.05, 3.63) is 34.8 Å². The molecule has 0 fully saturated rings. The average molecular weight is 263 g/mol. The van der Waals surface area contributed by atoms with Gasteiger partial charge in [-0.2, -0.15) is 0 Å². The minimum Gasteiger partial charge on any atom is -0.353 e. The minimum atomic E-state index is 0.375. The molecule has 0 bridgehead atoms. The van der Waals surface area contributed by atoms with Crippen molar-refractivity contribution in [2.45, 2.75) is 24.3 Å². The summed E-state index contributed by atoms with van der Waals surface area (Å²) < 4.78 is 0. The number of aryl methyl sites for hydroxylation is 1. The molecule has 1 aliphatic heterocycles. The number of hydrogen-bond donors (Lipinski definition) is 1. The summed E-state index contributed by atoms with van der Waals surface area (Å²) in [5.41, 5.74) is 1.39. The SMILES string of the molecule is Cc1nnc(NC2CCSc3ccccc32)s1. The highest BCUT2D eigenvalue weighted by molar-refractivity contribution is 7.99. The molecule has 0 spiro atoms. The molecular formula is C12H13N3S2. The fraction of sp³-hybridized carbons (Fsp3) is 0.333. The van der Waals surface area contributed by atoms with Gasteiger partial charge in [0.2, 0.25) is 5.13 Å². The van der Waals surface area contributed by atoms with Crippen molar-refractivity contribution in [1.29, 1.82) is 0 Å². The van der Waals surface area contributed by atoms with Gasteiger partial charge in [0, 0.05) is 10.6 Å². The van der Waals surface area contributed by atoms with E-state index in [9.17, 15) is 0 Å². The molecule has 1 aromatic carbocycles. The van der Waals surface area contributed by atoms with Crippen LogP contribution >= 0.6 is 23.1 Å². The van der Waals surface area contributed by atoms with Crippen LogP contribution in [0.15, 0.2) is 29.2 Å². The second-order valence-electron chi connectivity index (χ2n) is 4.00. The fourth-order valence-electron chi connectivity index (χ4n) is 2.00. The van der Waals surface area contributed by atoms with Crippen LogP contribution in [0.4, 0.5) is 5.13 Å². The van der Waals surface area contributed by atoms with Gasteiger partial charge in [0.1, 0.15) is 5.01 Å². The van der Waals surface area contributed by atoms with Gasteiger partial charge in [-0.15, -0.1) is 22.0 Å². The standard InChI is InChI=1S/C12H13N3S2/c1-8-14-15-12(17-8)13-10-6-7-16-11-5-3-2-4-9(10)11/h2-5,10H,6-7H2,1H3,(H,13,15). The van der Waals surface area contributed by atoms with Crippen LogP contribution in [-0.2, 0) is 0 Å². The van der Waals surface area contributed by atoms with Gasteiger partial charge in [-0.3, -0.25) is 0 Å². The van der Waals surface area contributed by atoms with Crippen LogP contribution in [0.5, 0.6) is 0 Å². The Bertz CT molecular complexity index is 524. The third-order valence-electron chi connectivity index (χ3n) is 2.78. The van der Waals surface area contributed by atoms with Crippen molar-refractivity contribution in [2.75, 3.05) is 11.1 Å². The van der Waals surface area contributed by atoms with Gasteiger partial charge < -0.3 is 5.32 Å². The first-order valence-electron chi connectivity index (χ1n) is 5.61. The maximum Gasteiger partial charge on any atom is 0.206 e. The Hall–Kier alpha value is -1.07. The van der Waals surface area contributed by atoms with Crippen LogP contribution in [0.3, 0.4) is 0 Å². The van der Waals surface area contributed by atoms with Crippen molar-refractivity contribution in [3.63, 3.8) is 0 Å². The molecule has 3 nitrogen and oxygen atoms in total. The zero-order valence-electron chi connectivity index (χ0n) is 9.51. The lowest BCUT2D eigenvalue weighted by atomic mass is 10.0. The van der Waals surface area contributed by atoms with Crippen LogP contribution < -0.4 is 5.32 Å². The third kappa shape index (κ3) is 2.30. The number of nitrogens with zero attached hydrogens (tertiary/aromatic N) is 2. The van der Waals surface area contributed by atoms with Crippen molar-refractivity contribution in [3.8, 4) is 0 Å². The van der Waals surface area contributed by atoms with Crippen molar-refractivity contribution < 1.29 is 0 Å². The molecule has 0 radical (unpaired) electrons. The Morgan fingerprint density at radius 3 is 3.00 bits per heavy atom. The van der Waals surface area contributed by atoms with E-state index in [0.29, 0.717) is 6.04 Å². The summed E-state index contributed by atoms with van der Waals surface area (Å²) in [4.78, 5) is 1.39. The summed E-state index contributed by atoms with van der Waals surface area (Å²) in [7, 11) is 0. The maximum atomic E-state index is 4.13. The van der Waals surface area contributed by atoms with E-state index in [1.54, 1.807) is 11.3 Å². The van der Waals surface area contributed by atoms with Crippen LogP contribution in [0, 0.1) is 6.92 Å². The molecule has 1 aromatic heterocycles. The molecule has 5 heteroatoms. The van der Waals surface area contributed by atoms with Gasteiger partial charge in [-0.25, -0.2) is 0 Å². The smallest absolute Gasteiger partial charge is 0.206 e. The topological polar surface area (TPSA) is 37.8 Å². The number of fused-ring (bicyclic) bond motifs is 1. The molecule has 2 heterocycles. The van der Waals surface area contributed by atoms with E-state index in [2.05, 4.69) is 39.8 Å². The Morgan fingerprint density at radius 2 is 2.18 bits per heavy atom. The van der Waals surface area contributed by atoms with E-state index < -0.39 is 0 Å². The molecule has 0 saturated carbocycles. The minimum absolute atomic E-state index is 0.375. The fourth-order valence-corrected chi connectivity index (χ4v) is 3.77. The van der Waals surface area contributed by atoms with Gasteiger partial charge in [-0.05, 0) is 25.0 Å². The zero-order valence-corrected chi connectivity index (χ0v) is 11.1. The second-order valence-corrected chi connectivity index (χ2v) is 6.32. The Balaban J connectivity index is 1.85. The number of anilines is 1. The third-order valence-corrected chi connectivity index (χ3v) is 4.67. The summed E-state index contributed by atoms with van der Waals surface area (Å²) in [6.45, 7) is 1.98. The Labute approximate surface area is 109 Å². The van der Waals surface area contributed by atoms with E-state index >= 15 is 0 Å². The molecule has 88 valence electrons. The molecule has 0 amide bonds. The number of aromatic nitrogens is 2. The van der Waals surface area contributed by atoms with Gasteiger partial charge in [0.05, 0.1) is 6.04 Å². The monoisotopic (exact) mass is 263 g/mol. The van der Waals surface area contributed by atoms with E-state index in [-0.39, 0.29) is 0 Å². The van der Waals surface area contributed by atoms with Gasteiger partial charge >= 0.3 is 0 Å². The molecule has 1 N–H and O–H groups in total. The Kier molecular flexibility index (Phi) is 3.03. The van der Waals surface area contributed by atoms with Gasteiger partial charge in [0.25, 0.3) is 0 Å². The van der Waals surface area contributed by atoms with Crippen molar-refractivity contribution in [2.24, 2.45) is 0 Å². The van der Waals surface area contributed by atoms with E-state index in [1.165, 1.54) is 10.5 Å². The van der Waals surface area contributed by atoms with Crippen LogP contribution in [-0.4, -0.2) is 16.0 Å². The number of nitrogens with one attached hydrogen (secondary N) is 1. The first-order chi connectivity index (χ1) is 8.33. The Morgan fingerprint density at radius 1 is 1.29 bits per heavy atom. The van der Waals surface area contributed by atoms with Crippen molar-refractivity contribution in [1.82, 2.24) is 10.2 Å². The number of benzene rings is 1. The lowest BCUT2D eigenvalue weighted by molar-refractivity contribution is 0.725. The quantitative estimate of drug-likeness (QED) is 0.900. The first kappa shape index (κ1) is 11.0. The molecule has 1 unspecified atom stereocenters. The predicted molar refractivity (Wildman–Crippen MR) is 72.8 cm³/mol. The molecule has 1 aliphatic rings. The van der Waals surface area contributed by atoms with Gasteiger partial charge in [-0.1, -0.05) is 29.5 Å². The largest absolute Gasteiger partial charge is 0.353 e. The first-order valence-corrected chi connectivity index (χ1v) is 7.41. The molecule has 1 atom stereocenters. The van der Waals surface area contributed by atoms with Gasteiger partial charge in [0.15, 0.2) is 0 Å². The molecule has 2 aromatic rings. The molecular weight excluding hydrogens is 250 g/mol. The highest BCUT2D eigenvalue weighted by Gasteiger charge is 2.20. The van der Waals surface area contributed by atoms with E-state index in [1.807, 2.05) is 18.7 Å².